The Bertz CT molecular complexity index is 847. The van der Waals surface area contributed by atoms with Gasteiger partial charge in [-0.3, -0.25) is 14.3 Å². The molecule has 0 radical (unpaired) electrons. The summed E-state index contributed by atoms with van der Waals surface area (Å²) in [7, 11) is 0. The number of hydrogen-bond donors (Lipinski definition) is 2. The lowest BCUT2D eigenvalue weighted by atomic mass is 9.75. The number of rotatable bonds is 1. The van der Waals surface area contributed by atoms with Gasteiger partial charge in [0.05, 0.1) is 35.5 Å². The number of aliphatic hydroxyl groups is 2. The molecule has 25 heavy (non-hydrogen) atoms. The second kappa shape index (κ2) is 5.90. The zero-order valence-corrected chi connectivity index (χ0v) is 14.7. The maximum absolute atomic E-state index is 13.0. The number of piperidine rings is 2. The molecule has 0 aliphatic carbocycles. The summed E-state index contributed by atoms with van der Waals surface area (Å²) < 4.78 is 1.59. The third-order valence-corrected chi connectivity index (χ3v) is 6.04. The second-order valence-corrected chi connectivity index (χ2v) is 7.85. The van der Waals surface area contributed by atoms with E-state index in [4.69, 9.17) is 0 Å². The monoisotopic (exact) mass is 343 g/mol. The molecule has 2 aliphatic heterocycles. The Morgan fingerprint density at radius 2 is 1.96 bits per heavy atom. The first-order valence-corrected chi connectivity index (χ1v) is 9.00. The van der Waals surface area contributed by atoms with E-state index in [9.17, 15) is 15.0 Å². The van der Waals surface area contributed by atoms with Gasteiger partial charge in [0.15, 0.2) is 0 Å². The molecule has 134 valence electrons. The molecule has 2 N–H and O–H groups in total. The molecule has 0 amide bonds. The summed E-state index contributed by atoms with van der Waals surface area (Å²) in [5, 5.41) is 21.8. The molecule has 4 atom stereocenters. The van der Waals surface area contributed by atoms with Crippen LogP contribution in [0.4, 0.5) is 0 Å². The van der Waals surface area contributed by atoms with Crippen molar-refractivity contribution < 1.29 is 10.2 Å². The Labute approximate surface area is 146 Å². The highest BCUT2D eigenvalue weighted by atomic mass is 16.3. The lowest BCUT2D eigenvalue weighted by Gasteiger charge is -2.57. The van der Waals surface area contributed by atoms with Crippen molar-refractivity contribution in [3.05, 3.63) is 40.9 Å². The van der Waals surface area contributed by atoms with E-state index in [2.05, 4.69) is 9.88 Å². The molecule has 2 aliphatic rings. The van der Waals surface area contributed by atoms with E-state index in [1.54, 1.807) is 17.0 Å². The molecular formula is C19H25N3O3. The van der Waals surface area contributed by atoms with Crippen molar-refractivity contribution in [3.8, 4) is 0 Å². The highest BCUT2D eigenvalue weighted by molar-refractivity contribution is 5.76. The van der Waals surface area contributed by atoms with Gasteiger partial charge in [0.2, 0.25) is 0 Å². The van der Waals surface area contributed by atoms with E-state index in [0.717, 1.165) is 19.4 Å². The second-order valence-electron chi connectivity index (χ2n) is 7.85. The lowest BCUT2D eigenvalue weighted by Crippen LogP contribution is -2.67. The maximum Gasteiger partial charge on any atom is 0.261 e. The van der Waals surface area contributed by atoms with Gasteiger partial charge in [-0.1, -0.05) is 12.1 Å². The van der Waals surface area contributed by atoms with Crippen molar-refractivity contribution in [2.75, 3.05) is 6.54 Å². The van der Waals surface area contributed by atoms with Gasteiger partial charge in [0, 0.05) is 11.6 Å². The van der Waals surface area contributed by atoms with Gasteiger partial charge in [0.25, 0.3) is 5.56 Å². The number of aliphatic hydroxyl groups excluding tert-OH is 2. The first-order chi connectivity index (χ1) is 11.9. The van der Waals surface area contributed by atoms with Crippen LogP contribution in [0.5, 0.6) is 0 Å². The van der Waals surface area contributed by atoms with Gasteiger partial charge in [-0.15, -0.1) is 0 Å². The average Bonchev–Trinajstić information content (AvgIpc) is 2.58. The zero-order chi connectivity index (χ0) is 17.8. The molecule has 6 heteroatoms. The zero-order valence-electron chi connectivity index (χ0n) is 14.7. The van der Waals surface area contributed by atoms with Gasteiger partial charge in [-0.05, 0) is 51.8 Å². The molecule has 2 aromatic rings. The minimum atomic E-state index is -0.704. The normalized spacial score (nSPS) is 32.5. The molecule has 2 saturated heterocycles. The van der Waals surface area contributed by atoms with Crippen LogP contribution in [0.1, 0.15) is 39.2 Å². The number of nitrogens with zero attached hydrogens (tertiary/aromatic N) is 3. The third kappa shape index (κ3) is 2.51. The molecule has 6 nitrogen and oxygen atoms in total. The molecule has 3 heterocycles. The summed E-state index contributed by atoms with van der Waals surface area (Å²) in [5.41, 5.74) is 0.0781. The summed E-state index contributed by atoms with van der Waals surface area (Å²) in [4.78, 5) is 19.7. The average molecular weight is 343 g/mol. The van der Waals surface area contributed by atoms with Crippen LogP contribution in [-0.2, 0) is 0 Å². The van der Waals surface area contributed by atoms with E-state index >= 15 is 0 Å². The van der Waals surface area contributed by atoms with E-state index in [1.165, 1.54) is 0 Å². The number of para-hydroxylation sites is 1. The van der Waals surface area contributed by atoms with Crippen LogP contribution in [0, 0.1) is 0 Å². The molecular weight excluding hydrogens is 318 g/mol. The van der Waals surface area contributed by atoms with E-state index < -0.39 is 23.8 Å². The van der Waals surface area contributed by atoms with Crippen molar-refractivity contribution in [3.63, 3.8) is 0 Å². The van der Waals surface area contributed by atoms with Gasteiger partial charge < -0.3 is 10.2 Å². The summed E-state index contributed by atoms with van der Waals surface area (Å²) in [5.74, 6) is 0. The first-order valence-electron chi connectivity index (χ1n) is 9.00. The Hall–Kier alpha value is -1.76. The molecule has 4 rings (SSSR count). The van der Waals surface area contributed by atoms with Crippen molar-refractivity contribution in [1.29, 1.82) is 0 Å². The topological polar surface area (TPSA) is 78.6 Å². The number of benzene rings is 1. The molecule has 1 aromatic carbocycles. The van der Waals surface area contributed by atoms with Crippen LogP contribution in [0.2, 0.25) is 0 Å². The van der Waals surface area contributed by atoms with Crippen molar-refractivity contribution >= 4 is 10.9 Å². The van der Waals surface area contributed by atoms with Crippen LogP contribution in [0.15, 0.2) is 35.4 Å². The van der Waals surface area contributed by atoms with Crippen molar-refractivity contribution in [2.45, 2.75) is 62.9 Å². The third-order valence-electron chi connectivity index (χ3n) is 6.04. The van der Waals surface area contributed by atoms with Crippen molar-refractivity contribution in [1.82, 2.24) is 14.5 Å². The van der Waals surface area contributed by atoms with E-state index in [1.807, 2.05) is 32.0 Å². The molecule has 0 bridgehead atoms. The number of aromatic nitrogens is 2. The fraction of sp³-hybridized carbons (Fsp3) is 0.579. The lowest BCUT2D eigenvalue weighted by molar-refractivity contribution is -0.133. The van der Waals surface area contributed by atoms with E-state index in [-0.39, 0.29) is 11.6 Å². The Morgan fingerprint density at radius 3 is 2.76 bits per heavy atom. The standard InChI is InChI=1S/C19H25N3O3/c1-19(2)17(16(24)10-14-15(23)8-5-9-22(14)19)21-11-20-13-7-4-3-6-12(13)18(21)25/h3-4,6-7,11,14-17,23-24H,5,8-10H2,1-2H3/t14-,15-,16-,17+/m0/s1. The summed E-state index contributed by atoms with van der Waals surface area (Å²) in [6, 6.07) is 6.82. The summed E-state index contributed by atoms with van der Waals surface area (Å²) in [6.07, 6.45) is 2.59. The fourth-order valence-electron chi connectivity index (χ4n) is 4.86. The minimum absolute atomic E-state index is 0.0564. The number of fused-ring (bicyclic) bond motifs is 2. The fourth-order valence-corrected chi connectivity index (χ4v) is 4.86. The number of hydrogen-bond acceptors (Lipinski definition) is 5. The maximum atomic E-state index is 13.0. The highest BCUT2D eigenvalue weighted by Crippen LogP contribution is 2.42. The Balaban J connectivity index is 1.82. The molecule has 2 fully saturated rings. The van der Waals surface area contributed by atoms with Crippen molar-refractivity contribution in [2.24, 2.45) is 0 Å². The Morgan fingerprint density at radius 1 is 1.20 bits per heavy atom. The SMILES string of the molecule is CC1(C)[C@H](n2cnc3ccccc3c2=O)[C@@H](O)C[C@H]2[C@@H](O)CCCN21. The van der Waals surface area contributed by atoms with Crippen LogP contribution in [0.3, 0.4) is 0 Å². The van der Waals surface area contributed by atoms with Crippen LogP contribution >= 0.6 is 0 Å². The van der Waals surface area contributed by atoms with Gasteiger partial charge in [-0.25, -0.2) is 4.98 Å². The van der Waals surface area contributed by atoms with Gasteiger partial charge >= 0.3 is 0 Å². The summed E-state index contributed by atoms with van der Waals surface area (Å²) >= 11 is 0. The Kier molecular flexibility index (Phi) is 3.94. The summed E-state index contributed by atoms with van der Waals surface area (Å²) in [6.45, 7) is 4.97. The molecule has 0 unspecified atom stereocenters. The van der Waals surface area contributed by atoms with Crippen LogP contribution < -0.4 is 5.56 Å². The quantitative estimate of drug-likeness (QED) is 0.816. The molecule has 0 spiro atoms. The first kappa shape index (κ1) is 16.7. The van der Waals surface area contributed by atoms with Gasteiger partial charge in [-0.2, -0.15) is 0 Å². The van der Waals surface area contributed by atoms with Crippen LogP contribution in [0.25, 0.3) is 10.9 Å². The minimum Gasteiger partial charge on any atom is -0.391 e. The predicted octanol–water partition coefficient (Wildman–Crippen LogP) is 1.31. The smallest absolute Gasteiger partial charge is 0.261 e. The van der Waals surface area contributed by atoms with E-state index in [0.29, 0.717) is 17.3 Å². The van der Waals surface area contributed by atoms with Gasteiger partial charge in [0.1, 0.15) is 0 Å². The predicted molar refractivity (Wildman–Crippen MR) is 95.5 cm³/mol. The largest absolute Gasteiger partial charge is 0.391 e. The highest BCUT2D eigenvalue weighted by Gasteiger charge is 2.51. The van der Waals surface area contributed by atoms with Crippen LogP contribution in [-0.4, -0.2) is 55.0 Å². The molecule has 1 aromatic heterocycles. The molecule has 0 saturated carbocycles.